The fourth-order valence-corrected chi connectivity index (χ4v) is 0. The van der Waals surface area contributed by atoms with Gasteiger partial charge in [-0.25, -0.2) is 0 Å². The van der Waals surface area contributed by atoms with Gasteiger partial charge in [-0.15, -0.1) is 0 Å². The van der Waals surface area contributed by atoms with Gasteiger partial charge in [-0.2, -0.15) is 0 Å². The molecule has 0 aliphatic rings. The summed E-state index contributed by atoms with van der Waals surface area (Å²) < 4.78 is 0. The van der Waals surface area contributed by atoms with Crippen molar-refractivity contribution in [3.63, 3.8) is 0 Å². The molecule has 0 aliphatic carbocycles. The number of hydrogen-bond acceptors (Lipinski definition) is 0. The minimum absolute atomic E-state index is 0. The Labute approximate surface area is 786 Å². The van der Waals surface area contributed by atoms with Crippen molar-refractivity contribution >= 4 is 0 Å². The zero-order chi connectivity index (χ0) is 77.7. The topological polar surface area (TPSA) is 0 Å². The van der Waals surface area contributed by atoms with Crippen LogP contribution in [0.2, 0.25) is 0 Å². The molecule has 0 fully saturated rings. The lowest BCUT2D eigenvalue weighted by atomic mass is 10.4. The molecule has 0 saturated carbocycles. The van der Waals surface area contributed by atoms with E-state index in [2.05, 4.69) is 249 Å². The van der Waals surface area contributed by atoms with Gasteiger partial charge >= 0.3 is 0 Å². The van der Waals surface area contributed by atoms with E-state index in [0.717, 1.165) is 0 Å². The van der Waals surface area contributed by atoms with Crippen LogP contribution in [0.1, 0.15) is 791 Å². The molecule has 0 heterocycles. The van der Waals surface area contributed by atoms with Crippen molar-refractivity contribution < 1.29 is 0 Å². The zero-order valence-corrected chi connectivity index (χ0v) is 77.7. The van der Waals surface area contributed by atoms with Crippen molar-refractivity contribution in [3.05, 3.63) is 0 Å². The molecule has 0 rings (SSSR count). The largest absolute Gasteiger partial charge is 0.0776 e. The summed E-state index contributed by atoms with van der Waals surface area (Å²) in [6.07, 6.45) is 32.2. The van der Waals surface area contributed by atoms with Crippen LogP contribution in [0.3, 0.4) is 0 Å². The number of rotatable bonds is 7. The van der Waals surface area contributed by atoms with Gasteiger partial charge in [-0.3, -0.25) is 0 Å². The lowest BCUT2D eigenvalue weighted by Crippen LogP contribution is -1.47. The molecule has 0 aliphatic heterocycles. The summed E-state index contributed by atoms with van der Waals surface area (Å²) in [6, 6.07) is 0. The molecular weight excluding hydrogens is 1370 g/mol. The van der Waals surface area contributed by atoms with Crippen LogP contribution in [0.5, 0.6) is 0 Å². The van der Waals surface area contributed by atoms with Crippen molar-refractivity contribution in [1.82, 2.24) is 0 Å². The van der Waals surface area contributed by atoms with Gasteiger partial charge in [-0.1, -0.05) is 791 Å². The molecule has 0 N–H and O–H groups in total. The summed E-state index contributed by atoms with van der Waals surface area (Å²) >= 11 is 0. The molecule has 114 heavy (non-hydrogen) atoms. The maximum atomic E-state index is 2.18. The Hall–Kier alpha value is 0. The third-order valence-electron chi connectivity index (χ3n) is 3.50. The molecule has 0 aromatic carbocycles. The average molecular weight is 1720 g/mol. The second kappa shape index (κ2) is 2270. The fourth-order valence-electron chi connectivity index (χ4n) is 0. The van der Waals surface area contributed by atoms with E-state index in [4.69, 9.17) is 0 Å². The van der Waals surface area contributed by atoms with Crippen LogP contribution in [0.4, 0.5) is 0 Å². The van der Waals surface area contributed by atoms with Crippen molar-refractivity contribution in [2.24, 2.45) is 0 Å². The van der Waals surface area contributed by atoms with E-state index in [9.17, 15) is 0 Å². The van der Waals surface area contributed by atoms with E-state index in [1.165, 1.54) is 161 Å². The lowest BCUT2D eigenvalue weighted by molar-refractivity contribution is 0.886. The van der Waals surface area contributed by atoms with E-state index < -0.39 is 0 Å². The highest BCUT2D eigenvalue weighted by molar-refractivity contribution is 4.15. The van der Waals surface area contributed by atoms with E-state index in [1.54, 1.807) is 0 Å². The van der Waals surface area contributed by atoms with Crippen molar-refractivity contribution in [2.45, 2.75) is 791 Å². The van der Waals surface area contributed by atoms with Crippen LogP contribution < -0.4 is 0 Å². The molecule has 0 unspecified atom stereocenters. The first-order valence-electron chi connectivity index (χ1n) is 41.0. The van der Waals surface area contributed by atoms with Crippen LogP contribution in [0.25, 0.3) is 0 Å². The normalized spacial score (nSPS) is 4.21. The molecular formula is C114H346. The van der Waals surface area contributed by atoms with Gasteiger partial charge in [0, 0.05) is 0 Å². The molecule has 0 amide bonds. The van der Waals surface area contributed by atoms with Crippen LogP contribution in [-0.4, -0.2) is 0 Å². The van der Waals surface area contributed by atoms with Gasteiger partial charge in [0.25, 0.3) is 0 Å². The van der Waals surface area contributed by atoms with E-state index in [1.807, 2.05) is 166 Å². The first kappa shape index (κ1) is 481. The Bertz CT molecular complexity index is 141. The van der Waals surface area contributed by atoms with Crippen molar-refractivity contribution in [1.29, 1.82) is 0 Å². The summed E-state index contributed by atoms with van der Waals surface area (Å²) in [6.45, 7) is 125. The van der Waals surface area contributed by atoms with E-state index >= 15 is 0 Å². The van der Waals surface area contributed by atoms with Gasteiger partial charge in [0.1, 0.15) is 0 Å². The lowest BCUT2D eigenvalue weighted by Gasteiger charge is -1.68. The average Bonchev–Trinajstić information content (AvgIpc) is 3.57. The van der Waals surface area contributed by atoms with Gasteiger partial charge in [-0.05, 0) is 0 Å². The molecule has 0 heteroatoms. The predicted molar refractivity (Wildman–Crippen MR) is 651 cm³/mol. The SMILES string of the molecule is C.C.C.C.C.C.C.C.C.C.C.C.C.C.C.C.C.C.C.C.C.C.C.C.C.C.C.C.C.CC.CC.CC.CC.CC.CC.CC.CC.CC.CC.CC.CC.CCC.CCC.CCC.CCC.CCC.CCC.CCC.CCC.CCC.CCC.CCC.CCCC.CCCC.CCCC.CCCC.CCCC.CCCC.CCCC. The summed E-state index contributed by atoms with van der Waals surface area (Å²) in [4.78, 5) is 0. The fraction of sp³-hybridized carbons (Fsp3) is 1.00. The monoisotopic (exact) mass is 1720 g/mol. The molecule has 0 saturated heterocycles. The predicted octanol–water partition coefficient (Wildman–Crippen LogP) is 59.0. The third-order valence-corrected chi connectivity index (χ3v) is 3.50. The van der Waals surface area contributed by atoms with E-state index in [-0.39, 0.29) is 215 Å². The molecule has 802 valence electrons. The van der Waals surface area contributed by atoms with Crippen LogP contribution in [-0.2, 0) is 0 Å². The maximum absolute atomic E-state index is 2.18. The van der Waals surface area contributed by atoms with Gasteiger partial charge in [0.15, 0.2) is 0 Å². The number of hydrogen-bond donors (Lipinski definition) is 0. The van der Waals surface area contributed by atoms with Crippen molar-refractivity contribution in [3.8, 4) is 0 Å². The molecule has 0 atom stereocenters. The molecule has 0 aromatic heterocycles. The maximum Gasteiger partial charge on any atom is -0.0564 e. The van der Waals surface area contributed by atoms with Crippen LogP contribution in [0.15, 0.2) is 0 Å². The highest BCUT2D eigenvalue weighted by atomic mass is 13.7. The minimum Gasteiger partial charge on any atom is -0.0776 e. The smallest absolute Gasteiger partial charge is 0.0564 e. The summed E-state index contributed by atoms with van der Waals surface area (Å²) in [5, 5.41) is 0. The summed E-state index contributed by atoms with van der Waals surface area (Å²) in [5.74, 6) is 0. The second-order valence-electron chi connectivity index (χ2n) is 14.8. The Balaban J connectivity index is -0.00000000479. The molecule has 0 spiro atoms. The molecule has 0 bridgehead atoms. The van der Waals surface area contributed by atoms with Gasteiger partial charge in [0.05, 0.1) is 0 Å². The highest BCUT2D eigenvalue weighted by Gasteiger charge is 1.59. The summed E-state index contributed by atoms with van der Waals surface area (Å²) in [7, 11) is 0. The molecule has 0 radical (unpaired) electrons. The molecule has 0 aromatic rings. The van der Waals surface area contributed by atoms with Gasteiger partial charge in [0.2, 0.25) is 0 Å². The zero-order valence-electron chi connectivity index (χ0n) is 77.7. The van der Waals surface area contributed by atoms with E-state index in [0.29, 0.717) is 0 Å². The third kappa shape index (κ3) is 28200. The molecule has 0 nitrogen and oxygen atoms in total. The summed E-state index contributed by atoms with van der Waals surface area (Å²) in [5.41, 5.74) is 0. The van der Waals surface area contributed by atoms with Gasteiger partial charge < -0.3 is 0 Å². The Morgan fingerprint density at radius 2 is 0.0702 bits per heavy atom. The standard InChI is InChI=1S/7C4H10.11C3H8.12C2H6.29CH4/c7*1-3-4-2;11*1-3-2;12*1-2;;;;;;;;;;;;;;;;;;;;;;;;;;;;;/h7*3-4H2,1-2H3;11*3H2,1-2H3;12*1-2H3;29*1H4. The van der Waals surface area contributed by atoms with Crippen molar-refractivity contribution in [2.75, 3.05) is 0 Å². The second-order valence-corrected chi connectivity index (χ2v) is 14.8. The quantitative estimate of drug-likeness (QED) is 0.238. The Morgan fingerprint density at radius 3 is 0.0702 bits per heavy atom. The first-order valence-corrected chi connectivity index (χ1v) is 41.0. The van der Waals surface area contributed by atoms with Crippen LogP contribution in [0, 0.1) is 0 Å². The number of unbranched alkanes of at least 4 members (excludes halogenated alkanes) is 7. The first-order chi connectivity index (χ1) is 41.0. The highest BCUT2D eigenvalue weighted by Crippen LogP contribution is 1.79. The van der Waals surface area contributed by atoms with Crippen LogP contribution >= 0.6 is 0 Å². The Morgan fingerprint density at radius 1 is 0.0614 bits per heavy atom. The minimum atomic E-state index is 0. The Kier molecular flexibility index (Phi) is 9570.